The molecule has 2 amide bonds. The third-order valence-corrected chi connectivity index (χ3v) is 5.78. The van der Waals surface area contributed by atoms with Gasteiger partial charge in [0.15, 0.2) is 0 Å². The molecule has 1 unspecified atom stereocenters. The normalized spacial score (nSPS) is 22.9. The zero-order chi connectivity index (χ0) is 20.3. The van der Waals surface area contributed by atoms with E-state index < -0.39 is 17.4 Å². The first kappa shape index (κ1) is 19.6. The molecule has 2 heterocycles. The maximum absolute atomic E-state index is 13.0. The van der Waals surface area contributed by atoms with Crippen molar-refractivity contribution < 1.29 is 19.4 Å². The third kappa shape index (κ3) is 4.04. The Bertz CT molecular complexity index is 850. The third-order valence-electron chi connectivity index (χ3n) is 5.78. The Morgan fingerprint density at radius 3 is 2.28 bits per heavy atom. The summed E-state index contributed by atoms with van der Waals surface area (Å²) in [6.45, 7) is 1.86. The van der Waals surface area contributed by atoms with Crippen LogP contribution < -0.4 is 4.90 Å². The van der Waals surface area contributed by atoms with Gasteiger partial charge < -0.3 is 19.6 Å². The molecule has 1 N–H and O–H groups in total. The number of hydrogen-bond acceptors (Lipinski definition) is 4. The fraction of sp³-hybridized carbons (Fsp3) is 0.391. The van der Waals surface area contributed by atoms with Crippen molar-refractivity contribution in [3.05, 3.63) is 66.2 Å². The Hall–Kier alpha value is -2.70. The zero-order valence-electron chi connectivity index (χ0n) is 16.4. The van der Waals surface area contributed by atoms with Crippen LogP contribution in [-0.2, 0) is 20.9 Å². The molecule has 2 fully saturated rings. The second-order valence-electron chi connectivity index (χ2n) is 7.69. The molecular formula is C23H26N2O4. The van der Waals surface area contributed by atoms with Crippen LogP contribution in [-0.4, -0.2) is 53.2 Å². The van der Waals surface area contributed by atoms with E-state index in [0.717, 1.165) is 5.56 Å². The highest BCUT2D eigenvalue weighted by atomic mass is 16.5. The smallest absolute Gasteiger partial charge is 0.268 e. The summed E-state index contributed by atoms with van der Waals surface area (Å²) in [7, 11) is 0. The molecule has 2 aliphatic rings. The minimum atomic E-state index is -1.96. The molecule has 29 heavy (non-hydrogen) atoms. The zero-order valence-corrected chi connectivity index (χ0v) is 16.4. The maximum Gasteiger partial charge on any atom is 0.268 e. The van der Waals surface area contributed by atoms with E-state index in [1.807, 2.05) is 60.7 Å². The van der Waals surface area contributed by atoms with Crippen molar-refractivity contribution in [3.8, 4) is 0 Å². The molecule has 1 atom stereocenters. The molecule has 6 nitrogen and oxygen atoms in total. The van der Waals surface area contributed by atoms with Crippen molar-refractivity contribution in [1.82, 2.24) is 4.90 Å². The van der Waals surface area contributed by atoms with Gasteiger partial charge in [0.25, 0.3) is 11.8 Å². The largest absolute Gasteiger partial charge is 0.373 e. The molecule has 2 aromatic carbocycles. The highest BCUT2D eigenvalue weighted by molar-refractivity contribution is 6.16. The SMILES string of the molecule is O=C(N1CCC(OCc2ccccc2)CC1)C1(O)CCN(c2ccccc2)C1=O. The number of carbonyl (C=O) groups is 2. The van der Waals surface area contributed by atoms with Crippen molar-refractivity contribution in [2.75, 3.05) is 24.5 Å². The lowest BCUT2D eigenvalue weighted by atomic mass is 9.98. The fourth-order valence-electron chi connectivity index (χ4n) is 4.03. The predicted molar refractivity (Wildman–Crippen MR) is 109 cm³/mol. The molecule has 0 spiro atoms. The van der Waals surface area contributed by atoms with E-state index in [-0.39, 0.29) is 12.5 Å². The van der Waals surface area contributed by atoms with Gasteiger partial charge in [0.2, 0.25) is 5.60 Å². The minimum Gasteiger partial charge on any atom is -0.373 e. The van der Waals surface area contributed by atoms with Crippen LogP contribution in [0.1, 0.15) is 24.8 Å². The van der Waals surface area contributed by atoms with Crippen LogP contribution in [0, 0.1) is 0 Å². The fourth-order valence-corrected chi connectivity index (χ4v) is 4.03. The number of para-hydroxylation sites is 1. The quantitative estimate of drug-likeness (QED) is 0.791. The van der Waals surface area contributed by atoms with E-state index in [4.69, 9.17) is 4.74 Å². The number of nitrogens with zero attached hydrogens (tertiary/aromatic N) is 2. The summed E-state index contributed by atoms with van der Waals surface area (Å²) in [6, 6.07) is 19.1. The highest BCUT2D eigenvalue weighted by Crippen LogP contribution is 2.31. The van der Waals surface area contributed by atoms with Gasteiger partial charge in [0.1, 0.15) is 0 Å². The van der Waals surface area contributed by atoms with Gasteiger partial charge in [-0.1, -0.05) is 48.5 Å². The van der Waals surface area contributed by atoms with Gasteiger partial charge in [0.05, 0.1) is 12.7 Å². The molecular weight excluding hydrogens is 368 g/mol. The predicted octanol–water partition coefficient (Wildman–Crippen LogP) is 2.36. The number of carbonyl (C=O) groups excluding carboxylic acids is 2. The molecule has 0 bridgehead atoms. The first-order valence-electron chi connectivity index (χ1n) is 10.1. The number of likely N-dealkylation sites (tertiary alicyclic amines) is 1. The summed E-state index contributed by atoms with van der Waals surface area (Å²) in [5.41, 5.74) is -0.139. The number of anilines is 1. The Morgan fingerprint density at radius 1 is 1.00 bits per heavy atom. The van der Waals surface area contributed by atoms with E-state index in [1.165, 1.54) is 4.90 Å². The van der Waals surface area contributed by atoms with Crippen LogP contribution in [0.2, 0.25) is 0 Å². The summed E-state index contributed by atoms with van der Waals surface area (Å²) >= 11 is 0. The van der Waals surface area contributed by atoms with Crippen molar-refractivity contribution in [2.24, 2.45) is 0 Å². The first-order valence-corrected chi connectivity index (χ1v) is 10.1. The minimum absolute atomic E-state index is 0.0778. The van der Waals surface area contributed by atoms with Crippen LogP contribution in [0.4, 0.5) is 5.69 Å². The lowest BCUT2D eigenvalue weighted by Crippen LogP contribution is -2.56. The van der Waals surface area contributed by atoms with Gasteiger partial charge in [-0.2, -0.15) is 0 Å². The number of benzene rings is 2. The van der Waals surface area contributed by atoms with Crippen LogP contribution in [0.3, 0.4) is 0 Å². The Balaban J connectivity index is 1.33. The van der Waals surface area contributed by atoms with Gasteiger partial charge in [-0.3, -0.25) is 9.59 Å². The molecule has 2 saturated heterocycles. The van der Waals surface area contributed by atoms with Crippen molar-refractivity contribution in [2.45, 2.75) is 37.6 Å². The number of rotatable bonds is 5. The number of aliphatic hydroxyl groups is 1. The first-order chi connectivity index (χ1) is 14.1. The highest BCUT2D eigenvalue weighted by Gasteiger charge is 2.53. The van der Waals surface area contributed by atoms with Crippen LogP contribution >= 0.6 is 0 Å². The van der Waals surface area contributed by atoms with Gasteiger partial charge in [-0.15, -0.1) is 0 Å². The lowest BCUT2D eigenvalue weighted by molar-refractivity contribution is -0.159. The molecule has 0 aromatic heterocycles. The van der Waals surface area contributed by atoms with Crippen molar-refractivity contribution in [3.63, 3.8) is 0 Å². The number of hydrogen-bond donors (Lipinski definition) is 1. The molecule has 2 aromatic rings. The average molecular weight is 394 g/mol. The second kappa shape index (κ2) is 8.35. The van der Waals surface area contributed by atoms with Gasteiger partial charge >= 0.3 is 0 Å². The Kier molecular flexibility index (Phi) is 5.65. The molecule has 4 rings (SSSR count). The molecule has 152 valence electrons. The van der Waals surface area contributed by atoms with Gasteiger partial charge in [-0.25, -0.2) is 0 Å². The van der Waals surface area contributed by atoms with Gasteiger partial charge in [-0.05, 0) is 30.5 Å². The van der Waals surface area contributed by atoms with E-state index in [1.54, 1.807) is 4.90 Å². The van der Waals surface area contributed by atoms with E-state index in [9.17, 15) is 14.7 Å². The molecule has 6 heteroatoms. The van der Waals surface area contributed by atoms with Crippen molar-refractivity contribution in [1.29, 1.82) is 0 Å². The summed E-state index contributed by atoms with van der Waals surface area (Å²) in [4.78, 5) is 28.9. The summed E-state index contributed by atoms with van der Waals surface area (Å²) in [5.74, 6) is -1.02. The Morgan fingerprint density at radius 2 is 1.62 bits per heavy atom. The number of piperidine rings is 1. The summed E-state index contributed by atoms with van der Waals surface area (Å²) in [6.07, 6.45) is 1.59. The molecule has 0 saturated carbocycles. The molecule has 2 aliphatic heterocycles. The maximum atomic E-state index is 13.0. The second-order valence-corrected chi connectivity index (χ2v) is 7.69. The summed E-state index contributed by atoms with van der Waals surface area (Å²) in [5, 5.41) is 10.9. The van der Waals surface area contributed by atoms with Crippen LogP contribution in [0.25, 0.3) is 0 Å². The van der Waals surface area contributed by atoms with Crippen LogP contribution in [0.15, 0.2) is 60.7 Å². The number of amides is 2. The van der Waals surface area contributed by atoms with Crippen molar-refractivity contribution >= 4 is 17.5 Å². The Labute approximate surface area is 170 Å². The monoisotopic (exact) mass is 394 g/mol. The standard InChI is InChI=1S/C23H26N2O4/c26-21(23(28)13-16-25(22(23)27)19-9-5-2-6-10-19)24-14-11-20(12-15-24)29-17-18-7-3-1-4-8-18/h1-10,20,28H,11-17H2. The van der Waals surface area contributed by atoms with E-state index in [0.29, 0.717) is 44.8 Å². The summed E-state index contributed by atoms with van der Waals surface area (Å²) < 4.78 is 5.97. The lowest BCUT2D eigenvalue weighted by Gasteiger charge is -2.35. The molecule has 0 radical (unpaired) electrons. The topological polar surface area (TPSA) is 70.1 Å². The average Bonchev–Trinajstić information content (AvgIpc) is 3.09. The molecule has 0 aliphatic carbocycles. The van der Waals surface area contributed by atoms with E-state index in [2.05, 4.69) is 0 Å². The van der Waals surface area contributed by atoms with E-state index >= 15 is 0 Å². The number of ether oxygens (including phenoxy) is 1. The van der Waals surface area contributed by atoms with Crippen LogP contribution in [0.5, 0.6) is 0 Å². The van der Waals surface area contributed by atoms with Gasteiger partial charge in [0, 0.05) is 31.7 Å².